The minimum atomic E-state index is 0.778. The van der Waals surface area contributed by atoms with Crippen LogP contribution in [0.5, 0.6) is 0 Å². The van der Waals surface area contributed by atoms with E-state index in [-0.39, 0.29) is 0 Å². The van der Waals surface area contributed by atoms with Gasteiger partial charge in [0.05, 0.1) is 10.7 Å². The van der Waals surface area contributed by atoms with E-state index in [0.717, 1.165) is 23.8 Å². The summed E-state index contributed by atoms with van der Waals surface area (Å²) >= 11 is 6.16. The maximum atomic E-state index is 6.16. The fourth-order valence-electron chi connectivity index (χ4n) is 1.84. The monoisotopic (exact) mass is 248 g/mol. The third kappa shape index (κ3) is 2.83. The fourth-order valence-corrected chi connectivity index (χ4v) is 2.13. The predicted octanol–water partition coefficient (Wildman–Crippen LogP) is 4.08. The maximum Gasteiger partial charge on any atom is 0.0640 e. The molecule has 1 N–H and O–H groups in total. The molecule has 0 aliphatic heterocycles. The van der Waals surface area contributed by atoms with Crippen LogP contribution >= 0.6 is 11.6 Å². The summed E-state index contributed by atoms with van der Waals surface area (Å²) in [4.78, 5) is 0. The van der Waals surface area contributed by atoms with Crippen LogP contribution in [0.1, 0.15) is 18.1 Å². The second-order valence-corrected chi connectivity index (χ2v) is 4.54. The number of benzene rings is 1. The average molecular weight is 249 g/mol. The highest BCUT2D eigenvalue weighted by Gasteiger charge is 2.03. The van der Waals surface area contributed by atoms with Crippen LogP contribution in [-0.2, 0) is 13.1 Å². The first-order chi connectivity index (χ1) is 8.20. The Hall–Kier alpha value is -1.41. The number of aryl methyl sites for hydroxylation is 2. The molecule has 90 valence electrons. The Morgan fingerprint density at radius 3 is 2.76 bits per heavy atom. The van der Waals surface area contributed by atoms with Gasteiger partial charge < -0.3 is 9.88 Å². The van der Waals surface area contributed by atoms with Crippen LogP contribution in [0, 0.1) is 6.92 Å². The molecular weight excluding hydrogens is 232 g/mol. The van der Waals surface area contributed by atoms with E-state index < -0.39 is 0 Å². The Kier molecular flexibility index (Phi) is 3.75. The molecule has 2 aromatic rings. The van der Waals surface area contributed by atoms with Gasteiger partial charge in [-0.3, -0.25) is 0 Å². The lowest BCUT2D eigenvalue weighted by Gasteiger charge is -2.10. The Bertz CT molecular complexity index is 482. The van der Waals surface area contributed by atoms with Crippen molar-refractivity contribution in [3.8, 4) is 0 Å². The highest BCUT2D eigenvalue weighted by atomic mass is 35.5. The number of hydrogen-bond acceptors (Lipinski definition) is 1. The van der Waals surface area contributed by atoms with E-state index in [9.17, 15) is 0 Å². The zero-order valence-electron chi connectivity index (χ0n) is 10.2. The van der Waals surface area contributed by atoms with Crippen LogP contribution in [0.4, 0.5) is 5.69 Å². The first-order valence-corrected chi connectivity index (χ1v) is 6.22. The lowest BCUT2D eigenvalue weighted by Crippen LogP contribution is -2.01. The second-order valence-electron chi connectivity index (χ2n) is 4.14. The van der Waals surface area contributed by atoms with Gasteiger partial charge in [-0.2, -0.15) is 0 Å². The molecular formula is C14H17ClN2. The van der Waals surface area contributed by atoms with Crippen molar-refractivity contribution in [3.63, 3.8) is 0 Å². The van der Waals surface area contributed by atoms with Crippen molar-refractivity contribution in [2.75, 3.05) is 5.32 Å². The van der Waals surface area contributed by atoms with Gasteiger partial charge in [-0.15, -0.1) is 0 Å². The SMILES string of the molecule is CCn1ccc(CNc2c(C)cccc2Cl)c1. The molecule has 0 saturated heterocycles. The minimum Gasteiger partial charge on any atom is -0.379 e. The molecule has 0 bridgehead atoms. The number of anilines is 1. The smallest absolute Gasteiger partial charge is 0.0640 e. The topological polar surface area (TPSA) is 17.0 Å². The number of para-hydroxylation sites is 1. The summed E-state index contributed by atoms with van der Waals surface area (Å²) in [6.45, 7) is 6.00. The molecule has 2 rings (SSSR count). The maximum absolute atomic E-state index is 6.16. The quantitative estimate of drug-likeness (QED) is 0.863. The number of nitrogens with one attached hydrogen (secondary N) is 1. The van der Waals surface area contributed by atoms with Crippen LogP contribution < -0.4 is 5.32 Å². The summed E-state index contributed by atoms with van der Waals surface area (Å²) in [6.07, 6.45) is 4.25. The van der Waals surface area contributed by atoms with Crippen LogP contribution in [0.25, 0.3) is 0 Å². The van der Waals surface area contributed by atoms with E-state index in [2.05, 4.69) is 48.3 Å². The van der Waals surface area contributed by atoms with E-state index in [1.54, 1.807) is 0 Å². The van der Waals surface area contributed by atoms with Gasteiger partial charge in [-0.1, -0.05) is 23.7 Å². The molecule has 3 heteroatoms. The minimum absolute atomic E-state index is 0.778. The number of halogens is 1. The molecule has 0 unspecified atom stereocenters. The van der Waals surface area contributed by atoms with Crippen molar-refractivity contribution >= 4 is 17.3 Å². The molecule has 2 nitrogen and oxygen atoms in total. The van der Waals surface area contributed by atoms with Gasteiger partial charge in [0.2, 0.25) is 0 Å². The molecule has 0 spiro atoms. The highest BCUT2D eigenvalue weighted by molar-refractivity contribution is 6.33. The van der Waals surface area contributed by atoms with Gasteiger partial charge in [0.1, 0.15) is 0 Å². The van der Waals surface area contributed by atoms with Gasteiger partial charge in [0.25, 0.3) is 0 Å². The van der Waals surface area contributed by atoms with Crippen LogP contribution in [-0.4, -0.2) is 4.57 Å². The van der Waals surface area contributed by atoms with Crippen molar-refractivity contribution in [1.82, 2.24) is 4.57 Å². The Balaban J connectivity index is 2.07. The van der Waals surface area contributed by atoms with Crippen LogP contribution in [0.15, 0.2) is 36.7 Å². The van der Waals surface area contributed by atoms with Crippen LogP contribution in [0.3, 0.4) is 0 Å². The highest BCUT2D eigenvalue weighted by Crippen LogP contribution is 2.25. The number of rotatable bonds is 4. The molecule has 0 fully saturated rings. The molecule has 0 aliphatic rings. The van der Waals surface area contributed by atoms with Crippen LogP contribution in [0.2, 0.25) is 5.02 Å². The van der Waals surface area contributed by atoms with Gasteiger partial charge in [0, 0.05) is 25.5 Å². The summed E-state index contributed by atoms with van der Waals surface area (Å²) in [5.74, 6) is 0. The summed E-state index contributed by atoms with van der Waals surface area (Å²) in [5.41, 5.74) is 3.47. The van der Waals surface area contributed by atoms with Crippen molar-refractivity contribution in [3.05, 3.63) is 52.8 Å². The molecule has 0 atom stereocenters. The lowest BCUT2D eigenvalue weighted by atomic mass is 10.2. The lowest BCUT2D eigenvalue weighted by molar-refractivity contribution is 0.766. The van der Waals surface area contributed by atoms with Crippen molar-refractivity contribution in [2.45, 2.75) is 26.9 Å². The molecule has 0 saturated carbocycles. The van der Waals surface area contributed by atoms with Gasteiger partial charge in [0.15, 0.2) is 0 Å². The van der Waals surface area contributed by atoms with Gasteiger partial charge in [-0.25, -0.2) is 0 Å². The molecule has 0 amide bonds. The van der Waals surface area contributed by atoms with E-state index in [0.29, 0.717) is 0 Å². The third-order valence-electron chi connectivity index (χ3n) is 2.87. The first-order valence-electron chi connectivity index (χ1n) is 5.84. The molecule has 1 aromatic heterocycles. The van der Waals surface area contributed by atoms with E-state index in [1.165, 1.54) is 11.1 Å². The first kappa shape index (κ1) is 12.1. The molecule has 17 heavy (non-hydrogen) atoms. The zero-order valence-corrected chi connectivity index (χ0v) is 11.0. The standard InChI is InChI=1S/C14H17ClN2/c1-3-17-8-7-12(10-17)9-16-14-11(2)5-4-6-13(14)15/h4-8,10,16H,3,9H2,1-2H3. The third-order valence-corrected chi connectivity index (χ3v) is 3.18. The number of nitrogens with zero attached hydrogens (tertiary/aromatic N) is 1. The number of hydrogen-bond donors (Lipinski definition) is 1. The summed E-state index contributed by atoms with van der Waals surface area (Å²) in [5, 5.41) is 4.17. The average Bonchev–Trinajstić information content (AvgIpc) is 2.76. The van der Waals surface area contributed by atoms with Crippen molar-refractivity contribution in [2.24, 2.45) is 0 Å². The molecule has 1 heterocycles. The van der Waals surface area contributed by atoms with Crippen molar-refractivity contribution in [1.29, 1.82) is 0 Å². The van der Waals surface area contributed by atoms with E-state index in [1.807, 2.05) is 12.1 Å². The Morgan fingerprint density at radius 1 is 1.29 bits per heavy atom. The van der Waals surface area contributed by atoms with E-state index >= 15 is 0 Å². The summed E-state index contributed by atoms with van der Waals surface area (Å²) < 4.78 is 2.16. The number of aromatic nitrogens is 1. The fraction of sp³-hybridized carbons (Fsp3) is 0.286. The molecule has 1 aromatic carbocycles. The zero-order chi connectivity index (χ0) is 12.3. The Labute approximate surface area is 107 Å². The Morgan fingerprint density at radius 2 is 2.12 bits per heavy atom. The largest absolute Gasteiger partial charge is 0.379 e. The predicted molar refractivity (Wildman–Crippen MR) is 73.6 cm³/mol. The summed E-state index contributed by atoms with van der Waals surface area (Å²) in [6, 6.07) is 8.07. The molecule has 0 aliphatic carbocycles. The summed E-state index contributed by atoms with van der Waals surface area (Å²) in [7, 11) is 0. The normalized spacial score (nSPS) is 10.5. The van der Waals surface area contributed by atoms with Gasteiger partial charge in [-0.05, 0) is 37.1 Å². The molecule has 0 radical (unpaired) electrons. The second kappa shape index (κ2) is 5.28. The van der Waals surface area contributed by atoms with E-state index in [4.69, 9.17) is 11.6 Å². The van der Waals surface area contributed by atoms with Gasteiger partial charge >= 0.3 is 0 Å². The van der Waals surface area contributed by atoms with Crippen molar-refractivity contribution < 1.29 is 0 Å².